The lowest BCUT2D eigenvalue weighted by Crippen LogP contribution is -2.21. The number of aromatic nitrogens is 1. The Kier molecular flexibility index (Phi) is 5.51. The van der Waals surface area contributed by atoms with Crippen molar-refractivity contribution in [3.05, 3.63) is 57.3 Å². The van der Waals surface area contributed by atoms with E-state index >= 15 is 0 Å². The van der Waals surface area contributed by atoms with Crippen LogP contribution in [-0.2, 0) is 9.53 Å². The highest BCUT2D eigenvalue weighted by Crippen LogP contribution is 2.22. The Labute approximate surface area is 140 Å². The fourth-order valence-corrected chi connectivity index (χ4v) is 2.29. The van der Waals surface area contributed by atoms with Gasteiger partial charge in [-0.2, -0.15) is 0 Å². The van der Waals surface area contributed by atoms with Gasteiger partial charge in [-0.1, -0.05) is 17.7 Å². The minimum atomic E-state index is -0.626. The van der Waals surface area contributed by atoms with Crippen LogP contribution in [0.4, 0.5) is 5.69 Å². The summed E-state index contributed by atoms with van der Waals surface area (Å²) in [6.45, 7) is 1.49. The van der Waals surface area contributed by atoms with E-state index in [2.05, 4.69) is 26.2 Å². The molecule has 0 saturated carbocycles. The van der Waals surface area contributed by atoms with E-state index in [1.54, 1.807) is 24.4 Å². The summed E-state index contributed by atoms with van der Waals surface area (Å²) in [5.41, 5.74) is 1.71. The van der Waals surface area contributed by atoms with Crippen LogP contribution in [0, 0.1) is 6.92 Å². The maximum atomic E-state index is 11.8. The van der Waals surface area contributed by atoms with E-state index in [0.717, 1.165) is 5.56 Å². The Morgan fingerprint density at radius 1 is 1.32 bits per heavy atom. The Morgan fingerprint density at radius 3 is 2.77 bits per heavy atom. The standard InChI is InChI=1S/C15H12BrClN2O3/c1-9-2-3-13(12(17)4-9)19-14(20)8-22-15(21)10-5-11(16)7-18-6-10/h2-7H,8H2,1H3,(H,19,20). The number of anilines is 1. The molecule has 0 fully saturated rings. The van der Waals surface area contributed by atoms with Crippen LogP contribution in [0.15, 0.2) is 41.1 Å². The first-order valence-corrected chi connectivity index (χ1v) is 7.46. The van der Waals surface area contributed by atoms with Gasteiger partial charge in [0.25, 0.3) is 5.91 Å². The lowest BCUT2D eigenvalue weighted by atomic mass is 10.2. The van der Waals surface area contributed by atoms with Gasteiger partial charge < -0.3 is 10.1 Å². The van der Waals surface area contributed by atoms with E-state index < -0.39 is 18.5 Å². The molecule has 0 aliphatic carbocycles. The number of hydrogen-bond acceptors (Lipinski definition) is 4. The zero-order valence-corrected chi connectivity index (χ0v) is 13.9. The predicted octanol–water partition coefficient (Wildman–Crippen LogP) is 3.60. The van der Waals surface area contributed by atoms with Crippen molar-refractivity contribution < 1.29 is 14.3 Å². The second-order valence-corrected chi connectivity index (χ2v) is 5.82. The van der Waals surface area contributed by atoms with Crippen LogP contribution in [-0.4, -0.2) is 23.5 Å². The molecule has 1 aromatic heterocycles. The Hall–Kier alpha value is -1.92. The lowest BCUT2D eigenvalue weighted by molar-refractivity contribution is -0.119. The number of carbonyl (C=O) groups excluding carboxylic acids is 2. The van der Waals surface area contributed by atoms with E-state index in [1.165, 1.54) is 6.20 Å². The number of ether oxygens (including phenoxy) is 1. The number of pyridine rings is 1. The highest BCUT2D eigenvalue weighted by molar-refractivity contribution is 9.10. The molecule has 2 rings (SSSR count). The average Bonchev–Trinajstić information content (AvgIpc) is 2.47. The molecule has 5 nitrogen and oxygen atoms in total. The van der Waals surface area contributed by atoms with Gasteiger partial charge in [0, 0.05) is 16.9 Å². The molecule has 0 unspecified atom stereocenters. The predicted molar refractivity (Wildman–Crippen MR) is 87.0 cm³/mol. The minimum absolute atomic E-state index is 0.260. The molecule has 114 valence electrons. The van der Waals surface area contributed by atoms with Crippen molar-refractivity contribution in [3.8, 4) is 0 Å². The first-order valence-electron chi connectivity index (χ1n) is 6.29. The Morgan fingerprint density at radius 2 is 2.09 bits per heavy atom. The Bertz CT molecular complexity index is 722. The van der Waals surface area contributed by atoms with Gasteiger partial charge >= 0.3 is 5.97 Å². The number of halogens is 2. The summed E-state index contributed by atoms with van der Waals surface area (Å²) in [5.74, 6) is -1.10. The van der Waals surface area contributed by atoms with Crippen molar-refractivity contribution in [3.63, 3.8) is 0 Å². The molecule has 1 heterocycles. The topological polar surface area (TPSA) is 68.3 Å². The zero-order chi connectivity index (χ0) is 16.1. The van der Waals surface area contributed by atoms with E-state index in [0.29, 0.717) is 15.2 Å². The highest BCUT2D eigenvalue weighted by Gasteiger charge is 2.12. The minimum Gasteiger partial charge on any atom is -0.452 e. The van der Waals surface area contributed by atoms with Crippen LogP contribution in [0.25, 0.3) is 0 Å². The summed E-state index contributed by atoms with van der Waals surface area (Å²) in [4.78, 5) is 27.4. The molecular weight excluding hydrogens is 372 g/mol. The quantitative estimate of drug-likeness (QED) is 0.819. The number of hydrogen-bond donors (Lipinski definition) is 1. The monoisotopic (exact) mass is 382 g/mol. The van der Waals surface area contributed by atoms with E-state index in [1.807, 2.05) is 13.0 Å². The van der Waals surface area contributed by atoms with Crippen LogP contribution in [0.5, 0.6) is 0 Å². The van der Waals surface area contributed by atoms with Gasteiger partial charge in [-0.15, -0.1) is 0 Å². The van der Waals surface area contributed by atoms with Crippen LogP contribution in [0.3, 0.4) is 0 Å². The number of carbonyl (C=O) groups is 2. The van der Waals surface area contributed by atoms with Crippen molar-refractivity contribution in [2.45, 2.75) is 6.92 Å². The second-order valence-electron chi connectivity index (χ2n) is 4.50. The maximum Gasteiger partial charge on any atom is 0.340 e. The molecule has 0 saturated heterocycles. The molecule has 0 bridgehead atoms. The SMILES string of the molecule is Cc1ccc(NC(=O)COC(=O)c2cncc(Br)c2)c(Cl)c1. The molecule has 22 heavy (non-hydrogen) atoms. The van der Waals surface area contributed by atoms with Crippen molar-refractivity contribution in [2.24, 2.45) is 0 Å². The number of amides is 1. The normalized spacial score (nSPS) is 10.1. The average molecular weight is 384 g/mol. The molecule has 1 N–H and O–H groups in total. The highest BCUT2D eigenvalue weighted by atomic mass is 79.9. The van der Waals surface area contributed by atoms with Crippen molar-refractivity contribution in [1.82, 2.24) is 4.98 Å². The van der Waals surface area contributed by atoms with Crippen LogP contribution >= 0.6 is 27.5 Å². The molecule has 0 spiro atoms. The molecule has 0 atom stereocenters. The molecule has 0 radical (unpaired) electrons. The number of nitrogens with one attached hydrogen (secondary N) is 1. The molecule has 7 heteroatoms. The summed E-state index contributed by atoms with van der Waals surface area (Å²) in [6.07, 6.45) is 2.91. The van der Waals surface area contributed by atoms with Gasteiger partial charge in [-0.25, -0.2) is 4.79 Å². The van der Waals surface area contributed by atoms with Gasteiger partial charge in [0.2, 0.25) is 0 Å². The number of benzene rings is 1. The summed E-state index contributed by atoms with van der Waals surface area (Å²) in [6, 6.07) is 6.80. The fraction of sp³-hybridized carbons (Fsp3) is 0.133. The largest absolute Gasteiger partial charge is 0.452 e. The zero-order valence-electron chi connectivity index (χ0n) is 11.6. The first-order chi connectivity index (χ1) is 10.5. The number of aryl methyl sites for hydroxylation is 1. The molecule has 1 aromatic carbocycles. The van der Waals surface area contributed by atoms with Gasteiger partial charge in [0.1, 0.15) is 0 Å². The molecule has 2 aromatic rings. The summed E-state index contributed by atoms with van der Waals surface area (Å²) >= 11 is 9.22. The van der Waals surface area contributed by atoms with Crippen LogP contribution in [0.1, 0.15) is 15.9 Å². The number of rotatable bonds is 4. The van der Waals surface area contributed by atoms with Crippen molar-refractivity contribution in [2.75, 3.05) is 11.9 Å². The van der Waals surface area contributed by atoms with E-state index in [9.17, 15) is 9.59 Å². The molecular formula is C15H12BrClN2O3. The van der Waals surface area contributed by atoms with E-state index in [4.69, 9.17) is 16.3 Å². The van der Waals surface area contributed by atoms with E-state index in [-0.39, 0.29) is 5.56 Å². The third kappa shape index (κ3) is 4.54. The van der Waals surface area contributed by atoms with Crippen molar-refractivity contribution >= 4 is 45.1 Å². The number of nitrogens with zero attached hydrogens (tertiary/aromatic N) is 1. The van der Waals surface area contributed by atoms with Gasteiger partial charge in [0.15, 0.2) is 6.61 Å². The summed E-state index contributed by atoms with van der Waals surface area (Å²) in [7, 11) is 0. The maximum absolute atomic E-state index is 11.8. The van der Waals surface area contributed by atoms with Crippen molar-refractivity contribution in [1.29, 1.82) is 0 Å². The third-order valence-electron chi connectivity index (χ3n) is 2.67. The second kappa shape index (κ2) is 7.38. The number of esters is 1. The van der Waals surface area contributed by atoms with Crippen LogP contribution < -0.4 is 5.32 Å². The fourth-order valence-electron chi connectivity index (χ4n) is 1.65. The molecule has 0 aliphatic heterocycles. The molecule has 1 amide bonds. The summed E-state index contributed by atoms with van der Waals surface area (Å²) in [5, 5.41) is 3.01. The van der Waals surface area contributed by atoms with Gasteiger partial charge in [0.05, 0.1) is 16.3 Å². The van der Waals surface area contributed by atoms with Gasteiger partial charge in [-0.3, -0.25) is 9.78 Å². The molecule has 0 aliphatic rings. The first kappa shape index (κ1) is 16.5. The Balaban J connectivity index is 1.91. The smallest absolute Gasteiger partial charge is 0.340 e. The third-order valence-corrected chi connectivity index (χ3v) is 3.42. The summed E-state index contributed by atoms with van der Waals surface area (Å²) < 4.78 is 5.58. The van der Waals surface area contributed by atoms with Gasteiger partial charge in [-0.05, 0) is 46.6 Å². The van der Waals surface area contributed by atoms with Crippen LogP contribution in [0.2, 0.25) is 5.02 Å². The lowest BCUT2D eigenvalue weighted by Gasteiger charge is -2.08.